The number of carbonyl (C=O) groups is 2. The fraction of sp³-hybridized carbons (Fsp3) is 0.160. The normalized spacial score (nSPS) is 11.7. The van der Waals surface area contributed by atoms with E-state index in [9.17, 15) is 9.59 Å². The molecule has 0 spiro atoms. The van der Waals surface area contributed by atoms with Crippen molar-refractivity contribution in [3.05, 3.63) is 85.8 Å². The van der Waals surface area contributed by atoms with Crippen molar-refractivity contribution in [3.63, 3.8) is 0 Å². The van der Waals surface area contributed by atoms with E-state index in [-0.39, 0.29) is 21.4 Å². The third kappa shape index (κ3) is 7.51. The molecule has 0 bridgehead atoms. The molecule has 0 radical (unpaired) electrons. The summed E-state index contributed by atoms with van der Waals surface area (Å²) < 4.78 is 16.6. The molecule has 188 valence electrons. The van der Waals surface area contributed by atoms with Gasteiger partial charge in [-0.3, -0.25) is 4.79 Å². The zero-order chi connectivity index (χ0) is 26.2. The number of nitrogens with zero attached hydrogens (tertiary/aromatic N) is 1. The van der Waals surface area contributed by atoms with Crippen LogP contribution in [0.5, 0.6) is 17.2 Å². The van der Waals surface area contributed by atoms with Crippen LogP contribution in [0, 0.1) is 0 Å². The molecular weight excluding hydrogens is 550 g/mol. The fourth-order valence-corrected chi connectivity index (χ4v) is 3.78. The number of nitrogens with one attached hydrogen (secondary N) is 1. The molecule has 0 aliphatic heterocycles. The molecule has 3 rings (SSSR count). The quantitative estimate of drug-likeness (QED) is 0.132. The average Bonchev–Trinajstić information content (AvgIpc) is 2.82. The summed E-state index contributed by atoms with van der Waals surface area (Å²) in [4.78, 5) is 24.9. The average molecular weight is 570 g/mol. The number of ether oxygens (including phenoxy) is 3. The van der Waals surface area contributed by atoms with Crippen LogP contribution >= 0.6 is 46.4 Å². The van der Waals surface area contributed by atoms with Gasteiger partial charge in [0.1, 0.15) is 5.75 Å². The van der Waals surface area contributed by atoms with Crippen molar-refractivity contribution < 1.29 is 23.8 Å². The Balaban J connectivity index is 1.65. The van der Waals surface area contributed by atoms with Gasteiger partial charge in [-0.1, -0.05) is 46.4 Å². The highest BCUT2D eigenvalue weighted by Gasteiger charge is 2.17. The summed E-state index contributed by atoms with van der Waals surface area (Å²) in [5, 5.41) is 5.26. The Bertz CT molecular complexity index is 1300. The minimum atomic E-state index is -0.874. The molecule has 3 aromatic rings. The highest BCUT2D eigenvalue weighted by Crippen LogP contribution is 2.31. The number of hydrogen-bond acceptors (Lipinski definition) is 6. The number of rotatable bonds is 9. The Morgan fingerprint density at radius 2 is 1.58 bits per heavy atom. The number of hydrazone groups is 1. The van der Waals surface area contributed by atoms with Crippen molar-refractivity contribution in [2.75, 3.05) is 6.61 Å². The van der Waals surface area contributed by atoms with Crippen LogP contribution in [-0.4, -0.2) is 30.8 Å². The molecule has 1 N–H and O–H groups in total. The van der Waals surface area contributed by atoms with E-state index in [0.717, 1.165) is 0 Å². The van der Waals surface area contributed by atoms with Gasteiger partial charge in [0, 0.05) is 10.0 Å². The maximum atomic E-state index is 12.6. The summed E-state index contributed by atoms with van der Waals surface area (Å²) in [6, 6.07) is 13.9. The molecule has 0 fully saturated rings. The topological polar surface area (TPSA) is 86.2 Å². The molecule has 0 aromatic heterocycles. The van der Waals surface area contributed by atoms with E-state index in [1.165, 1.54) is 30.5 Å². The van der Waals surface area contributed by atoms with Crippen molar-refractivity contribution in [1.29, 1.82) is 0 Å². The van der Waals surface area contributed by atoms with Gasteiger partial charge in [0.15, 0.2) is 17.6 Å². The van der Waals surface area contributed by atoms with Crippen molar-refractivity contribution in [2.24, 2.45) is 5.10 Å². The van der Waals surface area contributed by atoms with E-state index < -0.39 is 18.0 Å². The lowest BCUT2D eigenvalue weighted by Crippen LogP contribution is -2.33. The summed E-state index contributed by atoms with van der Waals surface area (Å²) in [6.07, 6.45) is 0.533. The van der Waals surface area contributed by atoms with Crippen molar-refractivity contribution in [3.8, 4) is 17.2 Å². The van der Waals surface area contributed by atoms with Gasteiger partial charge in [-0.15, -0.1) is 0 Å². The lowest BCUT2D eigenvalue weighted by atomic mass is 10.2. The SMILES string of the molecule is CCOc1cc(/C=N\NC(=O)[C@H](C)Oc2ccc(Cl)cc2Cl)ccc1OC(=O)c1ccc(Cl)cc1Cl. The van der Waals surface area contributed by atoms with E-state index in [0.29, 0.717) is 33.7 Å². The molecular formula is C25H20Cl4N2O5. The monoisotopic (exact) mass is 568 g/mol. The van der Waals surface area contributed by atoms with Gasteiger partial charge < -0.3 is 14.2 Å². The first-order valence-electron chi connectivity index (χ1n) is 10.6. The minimum absolute atomic E-state index is 0.160. The third-order valence-corrected chi connectivity index (χ3v) is 5.65. The van der Waals surface area contributed by atoms with Crippen LogP contribution in [0.3, 0.4) is 0 Å². The van der Waals surface area contributed by atoms with Gasteiger partial charge >= 0.3 is 5.97 Å². The predicted octanol–water partition coefficient (Wildman–Crippen LogP) is 6.84. The molecule has 0 heterocycles. The lowest BCUT2D eigenvalue weighted by Gasteiger charge is -2.14. The van der Waals surface area contributed by atoms with Crippen molar-refractivity contribution in [1.82, 2.24) is 5.43 Å². The number of carbonyl (C=O) groups excluding carboxylic acids is 2. The first kappa shape index (κ1) is 27.6. The second kappa shape index (κ2) is 12.8. The Kier molecular flexibility index (Phi) is 9.84. The Labute approximate surface area is 227 Å². The highest BCUT2D eigenvalue weighted by molar-refractivity contribution is 6.36. The van der Waals surface area contributed by atoms with Crippen LogP contribution in [0.2, 0.25) is 20.1 Å². The number of benzene rings is 3. The molecule has 3 aromatic carbocycles. The fourth-order valence-electron chi connectivity index (χ4n) is 2.84. The van der Waals surface area contributed by atoms with Crippen LogP contribution in [0.4, 0.5) is 0 Å². The maximum Gasteiger partial charge on any atom is 0.345 e. The van der Waals surface area contributed by atoms with Crippen LogP contribution in [-0.2, 0) is 4.79 Å². The summed E-state index contributed by atoms with van der Waals surface area (Å²) >= 11 is 23.9. The van der Waals surface area contributed by atoms with E-state index in [4.69, 9.17) is 60.6 Å². The number of esters is 1. The molecule has 0 saturated carbocycles. The van der Waals surface area contributed by atoms with Gasteiger partial charge in [-0.05, 0) is 74.0 Å². The molecule has 0 saturated heterocycles. The summed E-state index contributed by atoms with van der Waals surface area (Å²) in [5.74, 6) is -0.343. The zero-order valence-electron chi connectivity index (χ0n) is 19.1. The van der Waals surface area contributed by atoms with Gasteiger partial charge in [0.05, 0.1) is 28.4 Å². The van der Waals surface area contributed by atoms with Gasteiger partial charge in [0.2, 0.25) is 0 Å². The lowest BCUT2D eigenvalue weighted by molar-refractivity contribution is -0.127. The van der Waals surface area contributed by atoms with E-state index in [1.807, 2.05) is 0 Å². The van der Waals surface area contributed by atoms with Crippen molar-refractivity contribution in [2.45, 2.75) is 20.0 Å². The standard InChI is InChI=1S/C25H20Cl4N2O5/c1-3-34-23-10-15(4-8-22(23)36-25(33)18-7-5-16(26)11-19(18)28)13-30-31-24(32)14(2)35-21-9-6-17(27)12-20(21)29/h4-14H,3H2,1-2H3,(H,31,32)/b30-13-/t14-/m0/s1. The number of halogens is 4. The van der Waals surface area contributed by atoms with E-state index in [2.05, 4.69) is 10.5 Å². The molecule has 36 heavy (non-hydrogen) atoms. The summed E-state index contributed by atoms with van der Waals surface area (Å²) in [5.41, 5.74) is 3.14. The molecule has 1 amide bonds. The predicted molar refractivity (Wildman–Crippen MR) is 141 cm³/mol. The molecule has 1 atom stereocenters. The molecule has 0 aliphatic carbocycles. The Morgan fingerprint density at radius 1 is 0.917 bits per heavy atom. The molecule has 0 aliphatic rings. The van der Waals surface area contributed by atoms with Crippen molar-refractivity contribution >= 4 is 64.5 Å². The largest absolute Gasteiger partial charge is 0.490 e. The van der Waals surface area contributed by atoms with Gasteiger partial charge in [0.25, 0.3) is 5.91 Å². The second-order valence-corrected chi connectivity index (χ2v) is 8.91. The van der Waals surface area contributed by atoms with E-state index >= 15 is 0 Å². The highest BCUT2D eigenvalue weighted by atomic mass is 35.5. The Morgan fingerprint density at radius 3 is 2.25 bits per heavy atom. The number of amides is 1. The zero-order valence-corrected chi connectivity index (χ0v) is 22.1. The summed E-state index contributed by atoms with van der Waals surface area (Å²) in [6.45, 7) is 3.67. The minimum Gasteiger partial charge on any atom is -0.490 e. The van der Waals surface area contributed by atoms with Crippen LogP contribution in [0.25, 0.3) is 0 Å². The van der Waals surface area contributed by atoms with Crippen LogP contribution in [0.1, 0.15) is 29.8 Å². The molecule has 7 nitrogen and oxygen atoms in total. The molecule has 0 unspecified atom stereocenters. The summed E-state index contributed by atoms with van der Waals surface area (Å²) in [7, 11) is 0. The third-order valence-electron chi connectivity index (χ3n) is 4.58. The van der Waals surface area contributed by atoms with Crippen LogP contribution in [0.15, 0.2) is 59.7 Å². The molecule has 11 heteroatoms. The second-order valence-electron chi connectivity index (χ2n) is 7.22. The van der Waals surface area contributed by atoms with Gasteiger partial charge in [-0.25, -0.2) is 10.2 Å². The van der Waals surface area contributed by atoms with Gasteiger partial charge in [-0.2, -0.15) is 5.10 Å². The number of hydrogen-bond donors (Lipinski definition) is 1. The maximum absolute atomic E-state index is 12.6. The Hall–Kier alpha value is -2.97. The van der Waals surface area contributed by atoms with Crippen LogP contribution < -0.4 is 19.6 Å². The first-order chi connectivity index (χ1) is 17.2. The van der Waals surface area contributed by atoms with E-state index in [1.54, 1.807) is 44.2 Å². The smallest absolute Gasteiger partial charge is 0.345 e. The first-order valence-corrected chi connectivity index (χ1v) is 12.1.